The van der Waals surface area contributed by atoms with Crippen LogP contribution in [0, 0.1) is 5.92 Å². The smallest absolute Gasteiger partial charge is 0.231 e. The summed E-state index contributed by atoms with van der Waals surface area (Å²) in [5, 5.41) is 3.66. The SMILES string of the molecule is CCCNC(CN(C)CC1CC1)c1ccc2c(c1)OCO2. The first-order valence-corrected chi connectivity index (χ1v) is 8.07. The minimum absolute atomic E-state index is 0.341. The molecular formula is C17H26N2O2. The Morgan fingerprint density at radius 1 is 1.29 bits per heavy atom. The van der Waals surface area contributed by atoms with E-state index >= 15 is 0 Å². The Labute approximate surface area is 127 Å². The van der Waals surface area contributed by atoms with Gasteiger partial charge in [-0.3, -0.25) is 0 Å². The van der Waals surface area contributed by atoms with Gasteiger partial charge in [0.1, 0.15) is 0 Å². The van der Waals surface area contributed by atoms with Crippen molar-refractivity contribution in [1.29, 1.82) is 0 Å². The minimum atomic E-state index is 0.341. The van der Waals surface area contributed by atoms with Crippen molar-refractivity contribution in [3.63, 3.8) is 0 Å². The molecule has 1 N–H and O–H groups in total. The van der Waals surface area contributed by atoms with Gasteiger partial charge in [0.05, 0.1) is 0 Å². The zero-order valence-corrected chi connectivity index (χ0v) is 13.1. The number of likely N-dealkylation sites (N-methyl/N-ethyl adjacent to an activating group) is 1. The van der Waals surface area contributed by atoms with Gasteiger partial charge in [-0.1, -0.05) is 13.0 Å². The van der Waals surface area contributed by atoms with E-state index in [1.165, 1.54) is 24.9 Å². The van der Waals surface area contributed by atoms with Gasteiger partial charge in [0, 0.05) is 19.1 Å². The number of ether oxygens (including phenoxy) is 2. The predicted octanol–water partition coefficient (Wildman–Crippen LogP) is 2.80. The van der Waals surface area contributed by atoms with E-state index in [9.17, 15) is 0 Å². The third-order valence-electron chi connectivity index (χ3n) is 4.20. The molecule has 1 saturated carbocycles. The van der Waals surface area contributed by atoms with Crippen LogP contribution >= 0.6 is 0 Å². The maximum atomic E-state index is 5.51. The summed E-state index contributed by atoms with van der Waals surface area (Å²) in [4.78, 5) is 2.45. The van der Waals surface area contributed by atoms with Crippen LogP contribution in [0.15, 0.2) is 18.2 Å². The maximum Gasteiger partial charge on any atom is 0.231 e. The summed E-state index contributed by atoms with van der Waals surface area (Å²) in [6, 6.07) is 6.66. The van der Waals surface area contributed by atoms with Crippen LogP contribution in [0.4, 0.5) is 0 Å². The number of hydrogen-bond donors (Lipinski definition) is 1. The molecule has 0 radical (unpaired) electrons. The lowest BCUT2D eigenvalue weighted by Crippen LogP contribution is -2.34. The van der Waals surface area contributed by atoms with Crippen LogP contribution in [0.3, 0.4) is 0 Å². The Morgan fingerprint density at radius 2 is 2.10 bits per heavy atom. The zero-order chi connectivity index (χ0) is 14.7. The molecule has 1 aliphatic carbocycles. The molecular weight excluding hydrogens is 264 g/mol. The second kappa shape index (κ2) is 6.67. The van der Waals surface area contributed by atoms with Gasteiger partial charge < -0.3 is 19.7 Å². The quantitative estimate of drug-likeness (QED) is 0.798. The Kier molecular flexibility index (Phi) is 4.66. The topological polar surface area (TPSA) is 33.7 Å². The van der Waals surface area contributed by atoms with Crippen LogP contribution in [-0.4, -0.2) is 38.4 Å². The molecule has 4 heteroatoms. The Bertz CT molecular complexity index is 474. The van der Waals surface area contributed by atoms with Gasteiger partial charge in [-0.25, -0.2) is 0 Å². The van der Waals surface area contributed by atoms with Gasteiger partial charge in [-0.05, 0) is 56.5 Å². The molecule has 4 nitrogen and oxygen atoms in total. The van der Waals surface area contributed by atoms with E-state index in [2.05, 4.69) is 36.3 Å². The molecule has 0 saturated heterocycles. The Hall–Kier alpha value is -1.26. The monoisotopic (exact) mass is 290 g/mol. The fraction of sp³-hybridized carbons (Fsp3) is 0.647. The van der Waals surface area contributed by atoms with E-state index < -0.39 is 0 Å². The van der Waals surface area contributed by atoms with Crippen molar-refractivity contribution in [1.82, 2.24) is 10.2 Å². The van der Waals surface area contributed by atoms with Crippen LogP contribution in [0.25, 0.3) is 0 Å². The van der Waals surface area contributed by atoms with Crippen molar-refractivity contribution >= 4 is 0 Å². The molecule has 0 spiro atoms. The van der Waals surface area contributed by atoms with E-state index in [0.29, 0.717) is 12.8 Å². The molecule has 3 rings (SSSR count). The standard InChI is InChI=1S/C17H26N2O2/c1-3-8-18-15(11-19(2)10-13-4-5-13)14-6-7-16-17(9-14)21-12-20-16/h6-7,9,13,15,18H,3-5,8,10-12H2,1-2H3. The molecule has 0 bridgehead atoms. The third-order valence-corrected chi connectivity index (χ3v) is 4.20. The molecule has 21 heavy (non-hydrogen) atoms. The van der Waals surface area contributed by atoms with Gasteiger partial charge >= 0.3 is 0 Å². The predicted molar refractivity (Wildman–Crippen MR) is 83.8 cm³/mol. The van der Waals surface area contributed by atoms with Gasteiger partial charge in [-0.15, -0.1) is 0 Å². The molecule has 1 unspecified atom stereocenters. The van der Waals surface area contributed by atoms with E-state index in [1.54, 1.807) is 0 Å². The summed E-state index contributed by atoms with van der Waals surface area (Å²) in [6.45, 7) is 5.84. The maximum absolute atomic E-state index is 5.51. The van der Waals surface area contributed by atoms with E-state index in [1.807, 2.05) is 6.07 Å². The molecule has 1 aromatic carbocycles. The van der Waals surface area contributed by atoms with Crippen LogP contribution in [0.2, 0.25) is 0 Å². The number of hydrogen-bond acceptors (Lipinski definition) is 4. The highest BCUT2D eigenvalue weighted by atomic mass is 16.7. The molecule has 1 fully saturated rings. The molecule has 0 amide bonds. The molecule has 1 aliphatic heterocycles. The number of nitrogens with zero attached hydrogens (tertiary/aromatic N) is 1. The van der Waals surface area contributed by atoms with Gasteiger partial charge in [0.25, 0.3) is 0 Å². The highest BCUT2D eigenvalue weighted by molar-refractivity contribution is 5.45. The van der Waals surface area contributed by atoms with Crippen molar-refractivity contribution in [3.05, 3.63) is 23.8 Å². The summed E-state index contributed by atoms with van der Waals surface area (Å²) in [5.41, 5.74) is 1.29. The second-order valence-electron chi connectivity index (χ2n) is 6.28. The van der Waals surface area contributed by atoms with Gasteiger partial charge in [0.15, 0.2) is 11.5 Å². The first-order valence-electron chi connectivity index (χ1n) is 8.07. The van der Waals surface area contributed by atoms with E-state index in [-0.39, 0.29) is 0 Å². The number of benzene rings is 1. The van der Waals surface area contributed by atoms with Crippen LogP contribution < -0.4 is 14.8 Å². The number of fused-ring (bicyclic) bond motifs is 1. The molecule has 1 heterocycles. The lowest BCUT2D eigenvalue weighted by molar-refractivity contribution is 0.174. The van der Waals surface area contributed by atoms with Crippen LogP contribution in [0.1, 0.15) is 37.8 Å². The lowest BCUT2D eigenvalue weighted by atomic mass is 10.1. The fourth-order valence-electron chi connectivity index (χ4n) is 2.86. The summed E-state index contributed by atoms with van der Waals surface area (Å²) in [5.74, 6) is 2.67. The van der Waals surface area contributed by atoms with Crippen molar-refractivity contribution in [2.75, 3.05) is 33.5 Å². The molecule has 116 valence electrons. The largest absolute Gasteiger partial charge is 0.454 e. The van der Waals surface area contributed by atoms with E-state index in [0.717, 1.165) is 36.9 Å². The summed E-state index contributed by atoms with van der Waals surface area (Å²) < 4.78 is 10.9. The third kappa shape index (κ3) is 3.89. The van der Waals surface area contributed by atoms with Crippen molar-refractivity contribution in [3.8, 4) is 11.5 Å². The fourth-order valence-corrected chi connectivity index (χ4v) is 2.86. The Morgan fingerprint density at radius 3 is 2.86 bits per heavy atom. The summed E-state index contributed by atoms with van der Waals surface area (Å²) in [6.07, 6.45) is 3.95. The molecule has 1 aromatic rings. The molecule has 1 atom stereocenters. The zero-order valence-electron chi connectivity index (χ0n) is 13.1. The highest BCUT2D eigenvalue weighted by Crippen LogP contribution is 2.35. The van der Waals surface area contributed by atoms with Crippen LogP contribution in [-0.2, 0) is 0 Å². The number of rotatable bonds is 8. The normalized spacial score (nSPS) is 18.2. The van der Waals surface area contributed by atoms with Gasteiger partial charge in [-0.2, -0.15) is 0 Å². The Balaban J connectivity index is 1.67. The average Bonchev–Trinajstić information content (AvgIpc) is 3.16. The van der Waals surface area contributed by atoms with Crippen molar-refractivity contribution < 1.29 is 9.47 Å². The summed E-state index contributed by atoms with van der Waals surface area (Å²) >= 11 is 0. The second-order valence-corrected chi connectivity index (χ2v) is 6.28. The van der Waals surface area contributed by atoms with Crippen molar-refractivity contribution in [2.24, 2.45) is 5.92 Å². The van der Waals surface area contributed by atoms with Gasteiger partial charge in [0.2, 0.25) is 6.79 Å². The van der Waals surface area contributed by atoms with E-state index in [4.69, 9.17) is 9.47 Å². The minimum Gasteiger partial charge on any atom is -0.454 e. The first-order chi connectivity index (χ1) is 10.3. The lowest BCUT2D eigenvalue weighted by Gasteiger charge is -2.25. The van der Waals surface area contributed by atoms with Crippen LogP contribution in [0.5, 0.6) is 11.5 Å². The highest BCUT2D eigenvalue weighted by Gasteiger charge is 2.24. The first kappa shape index (κ1) is 14.7. The molecule has 2 aliphatic rings. The number of nitrogens with one attached hydrogen (secondary N) is 1. The molecule has 0 aromatic heterocycles. The average molecular weight is 290 g/mol. The summed E-state index contributed by atoms with van der Waals surface area (Å²) in [7, 11) is 2.23. The van der Waals surface area contributed by atoms with Crippen molar-refractivity contribution in [2.45, 2.75) is 32.2 Å².